The molecule has 1 aromatic carbocycles. The van der Waals surface area contributed by atoms with Crippen molar-refractivity contribution in [1.29, 1.82) is 0 Å². The molecule has 188 valence electrons. The highest BCUT2D eigenvalue weighted by molar-refractivity contribution is 7.99. The zero-order valence-corrected chi connectivity index (χ0v) is 20.1. The van der Waals surface area contributed by atoms with E-state index in [9.17, 15) is 39.9 Å². The first-order valence-corrected chi connectivity index (χ1v) is 12.3. The van der Waals surface area contributed by atoms with E-state index in [4.69, 9.17) is 5.73 Å². The number of aromatic hydroxyl groups is 1. The molecule has 1 aromatic rings. The summed E-state index contributed by atoms with van der Waals surface area (Å²) < 4.78 is 0. The summed E-state index contributed by atoms with van der Waals surface area (Å²) >= 11 is 1.55. The minimum atomic E-state index is -2.83. The van der Waals surface area contributed by atoms with Crippen LogP contribution in [0.15, 0.2) is 35.1 Å². The fourth-order valence-electron chi connectivity index (χ4n) is 5.43. The molecule has 0 radical (unpaired) electrons. The maximum atomic E-state index is 13.7. The Morgan fingerprint density at radius 2 is 1.91 bits per heavy atom. The lowest BCUT2D eigenvalue weighted by Gasteiger charge is -2.51. The van der Waals surface area contributed by atoms with Crippen LogP contribution in [-0.4, -0.2) is 91.8 Å². The maximum absolute atomic E-state index is 13.7. The van der Waals surface area contributed by atoms with Gasteiger partial charge in [0.2, 0.25) is 5.78 Å². The number of aliphatic hydroxyl groups excluding tert-OH is 3. The summed E-state index contributed by atoms with van der Waals surface area (Å²) in [6.07, 6.45) is -2.13. The highest BCUT2D eigenvalue weighted by Crippen LogP contribution is 2.56. The van der Waals surface area contributed by atoms with Crippen molar-refractivity contribution in [1.82, 2.24) is 4.90 Å². The lowest BCUT2D eigenvalue weighted by atomic mass is 9.55. The highest BCUT2D eigenvalue weighted by Gasteiger charge is 2.65. The number of nitrogens with zero attached hydrogens (tertiary/aromatic N) is 1. The van der Waals surface area contributed by atoms with Gasteiger partial charge >= 0.3 is 0 Å². The highest BCUT2D eigenvalue weighted by atomic mass is 32.2. The van der Waals surface area contributed by atoms with Gasteiger partial charge in [-0.05, 0) is 25.7 Å². The van der Waals surface area contributed by atoms with E-state index in [0.29, 0.717) is 11.3 Å². The van der Waals surface area contributed by atoms with Crippen LogP contribution in [0.4, 0.5) is 0 Å². The molecule has 3 aliphatic carbocycles. The molecule has 0 saturated heterocycles. The third-order valence-corrected chi connectivity index (χ3v) is 8.22. The monoisotopic (exact) mass is 504 g/mol. The molecule has 1 fully saturated rings. The third kappa shape index (κ3) is 3.74. The Labute approximate surface area is 205 Å². The van der Waals surface area contributed by atoms with E-state index in [1.165, 1.54) is 6.07 Å². The molecule has 4 rings (SSSR count). The van der Waals surface area contributed by atoms with Crippen LogP contribution in [0.25, 0.3) is 5.76 Å². The predicted molar refractivity (Wildman–Crippen MR) is 128 cm³/mol. The Morgan fingerprint density at radius 3 is 2.54 bits per heavy atom. The average molecular weight is 505 g/mol. The number of amides is 1. The van der Waals surface area contributed by atoms with E-state index in [0.717, 1.165) is 12.3 Å². The maximum Gasteiger partial charge on any atom is 0.255 e. The van der Waals surface area contributed by atoms with Gasteiger partial charge in [0.15, 0.2) is 11.4 Å². The molecule has 10 nitrogen and oxygen atoms in total. The second-order valence-electron chi connectivity index (χ2n) is 9.42. The quantitative estimate of drug-likeness (QED) is 0.232. The summed E-state index contributed by atoms with van der Waals surface area (Å²) in [5.41, 5.74) is 1.62. The number of thioether (sulfide) groups is 1. The van der Waals surface area contributed by atoms with Crippen molar-refractivity contribution in [3.8, 4) is 5.75 Å². The van der Waals surface area contributed by atoms with E-state index in [2.05, 4.69) is 0 Å². The Bertz CT molecular complexity index is 1180. The first kappa shape index (κ1) is 25.2. The Kier molecular flexibility index (Phi) is 6.47. The number of hydrogen-bond acceptors (Lipinski definition) is 10. The van der Waals surface area contributed by atoms with Crippen LogP contribution in [0.3, 0.4) is 0 Å². The first-order valence-electron chi connectivity index (χ1n) is 11.1. The fraction of sp³-hybridized carbons (Fsp3) is 0.458. The van der Waals surface area contributed by atoms with Gasteiger partial charge in [-0.1, -0.05) is 12.1 Å². The third-order valence-electron chi connectivity index (χ3n) is 7.15. The zero-order valence-electron chi connectivity index (χ0n) is 19.3. The topological polar surface area (TPSA) is 182 Å². The van der Waals surface area contributed by atoms with E-state index in [1.807, 2.05) is 19.0 Å². The van der Waals surface area contributed by atoms with Crippen molar-refractivity contribution in [2.75, 3.05) is 32.1 Å². The second kappa shape index (κ2) is 8.98. The van der Waals surface area contributed by atoms with Gasteiger partial charge in [0.1, 0.15) is 22.8 Å². The van der Waals surface area contributed by atoms with Gasteiger partial charge in [-0.2, -0.15) is 11.8 Å². The molecular weight excluding hydrogens is 476 g/mol. The molecule has 0 aromatic heterocycles. The standard InChI is InChI=1S/C24H28N2O8S/c1-26(2)6-7-35-9-11-10-4-3-5-13(27)15(10)20(30)18-16(11)19(29)12-8-14(28)17(23(25)33)21(31)24(12,34)22(18)32/h3-5,11-12,16,19,27,29-31,34H,6-9H2,1-2H3,(H2,25,33)/t11-,12+,16+,19+,24+/m0/s1. The first-order chi connectivity index (χ1) is 16.4. The number of rotatable bonds is 6. The van der Waals surface area contributed by atoms with Crippen molar-refractivity contribution in [3.05, 3.63) is 46.2 Å². The molecule has 1 saturated carbocycles. The summed E-state index contributed by atoms with van der Waals surface area (Å²) in [5.74, 6) is -7.39. The molecular formula is C24H28N2O8S. The molecule has 0 heterocycles. The molecule has 5 atom stereocenters. The summed E-state index contributed by atoms with van der Waals surface area (Å²) in [6, 6.07) is 4.62. The van der Waals surface area contributed by atoms with Gasteiger partial charge in [-0.3, -0.25) is 14.4 Å². The molecule has 0 spiro atoms. The number of primary amides is 1. The lowest BCUT2D eigenvalue weighted by molar-refractivity contribution is -0.160. The molecule has 0 aliphatic heterocycles. The van der Waals surface area contributed by atoms with Gasteiger partial charge in [0.25, 0.3) is 5.91 Å². The molecule has 0 bridgehead atoms. The molecule has 35 heavy (non-hydrogen) atoms. The predicted octanol–water partition coefficient (Wildman–Crippen LogP) is 0.231. The Morgan fingerprint density at radius 1 is 1.23 bits per heavy atom. The molecule has 11 heteroatoms. The number of benzene rings is 1. The Balaban J connectivity index is 1.88. The summed E-state index contributed by atoms with van der Waals surface area (Å²) in [7, 11) is 3.86. The number of carbonyl (C=O) groups excluding carboxylic acids is 3. The smallest absolute Gasteiger partial charge is 0.255 e. The number of nitrogens with two attached hydrogens (primary N) is 1. The number of carbonyl (C=O) groups is 3. The van der Waals surface area contributed by atoms with Gasteiger partial charge < -0.3 is 36.2 Å². The van der Waals surface area contributed by atoms with Gasteiger partial charge in [0.05, 0.1) is 11.7 Å². The van der Waals surface area contributed by atoms with Crippen molar-refractivity contribution >= 4 is 35.0 Å². The number of ketones is 2. The van der Waals surface area contributed by atoms with Crippen LogP contribution in [0.5, 0.6) is 5.75 Å². The largest absolute Gasteiger partial charge is 0.508 e. The number of aliphatic hydroxyl groups is 4. The number of Topliss-reactive ketones (excluding diaryl/α,β-unsaturated/α-hetero) is 2. The minimum absolute atomic E-state index is 0.00467. The van der Waals surface area contributed by atoms with Crippen molar-refractivity contribution < 1.29 is 39.9 Å². The van der Waals surface area contributed by atoms with Gasteiger partial charge in [0, 0.05) is 47.8 Å². The van der Waals surface area contributed by atoms with E-state index < -0.39 is 70.4 Å². The second-order valence-corrected chi connectivity index (χ2v) is 10.6. The van der Waals surface area contributed by atoms with Gasteiger partial charge in [-0.15, -0.1) is 0 Å². The van der Waals surface area contributed by atoms with Crippen LogP contribution < -0.4 is 5.73 Å². The summed E-state index contributed by atoms with van der Waals surface area (Å²) in [6.45, 7) is 0.774. The van der Waals surface area contributed by atoms with Crippen molar-refractivity contribution in [2.45, 2.75) is 24.0 Å². The number of phenols is 1. The minimum Gasteiger partial charge on any atom is -0.508 e. The lowest BCUT2D eigenvalue weighted by Crippen LogP contribution is -2.64. The van der Waals surface area contributed by atoms with Crippen LogP contribution >= 0.6 is 11.8 Å². The Hall–Kier alpha value is -2.86. The van der Waals surface area contributed by atoms with Crippen LogP contribution in [0, 0.1) is 11.8 Å². The van der Waals surface area contributed by atoms with Gasteiger partial charge in [-0.25, -0.2) is 0 Å². The molecule has 3 aliphatic rings. The molecule has 7 N–H and O–H groups in total. The summed E-state index contributed by atoms with van der Waals surface area (Å²) in [4.78, 5) is 40.1. The van der Waals surface area contributed by atoms with E-state index in [1.54, 1.807) is 23.9 Å². The fourth-order valence-corrected chi connectivity index (χ4v) is 6.73. The SMILES string of the molecule is CN(C)CCSC[C@H]1c2cccc(O)c2C(O)=C2C(=O)[C@]3(O)C(O)=C(C(N)=O)C(=O)C[C@@H]3[C@@H](O)[C@@H]21. The normalized spacial score (nSPS) is 30.3. The average Bonchev–Trinajstić information content (AvgIpc) is 2.77. The van der Waals surface area contributed by atoms with E-state index >= 15 is 0 Å². The van der Waals surface area contributed by atoms with Crippen LogP contribution in [0.2, 0.25) is 0 Å². The molecule has 1 amide bonds. The molecule has 0 unspecified atom stereocenters. The van der Waals surface area contributed by atoms with Crippen molar-refractivity contribution in [2.24, 2.45) is 17.6 Å². The van der Waals surface area contributed by atoms with Crippen LogP contribution in [0.1, 0.15) is 23.5 Å². The summed E-state index contributed by atoms with van der Waals surface area (Å²) in [5, 5.41) is 55.1. The number of fused-ring (bicyclic) bond motifs is 3. The number of hydrogen-bond donors (Lipinski definition) is 6. The van der Waals surface area contributed by atoms with E-state index in [-0.39, 0.29) is 16.9 Å². The van der Waals surface area contributed by atoms with Crippen molar-refractivity contribution in [3.63, 3.8) is 0 Å². The van der Waals surface area contributed by atoms with Crippen LogP contribution in [-0.2, 0) is 14.4 Å². The number of phenolic OH excluding ortho intramolecular Hbond substituents is 1. The zero-order chi connectivity index (χ0) is 25.8.